The van der Waals surface area contributed by atoms with Crippen LogP contribution in [-0.4, -0.2) is 13.4 Å². The summed E-state index contributed by atoms with van der Waals surface area (Å²) in [6, 6.07) is 5.50. The van der Waals surface area contributed by atoms with Crippen molar-refractivity contribution in [1.29, 1.82) is 0 Å². The zero-order valence-electron chi connectivity index (χ0n) is 8.63. The van der Waals surface area contributed by atoms with Crippen LogP contribution < -0.4 is 4.74 Å². The van der Waals surface area contributed by atoms with Gasteiger partial charge in [-0.1, -0.05) is 25.5 Å². The van der Waals surface area contributed by atoms with Crippen molar-refractivity contribution in [2.75, 3.05) is 7.11 Å². The number of hydrogen-bond acceptors (Lipinski definition) is 2. The van der Waals surface area contributed by atoms with Crippen LogP contribution in [0.15, 0.2) is 18.2 Å². The second kappa shape index (κ2) is 6.23. The number of benzene rings is 1. The number of carbonyl (C=O) groups excluding carboxylic acids is 1. The maximum atomic E-state index is 10.5. The van der Waals surface area contributed by atoms with Crippen LogP contribution in [0.2, 0.25) is 0 Å². The molecule has 0 saturated carbocycles. The molecule has 0 N–H and O–H groups in total. The number of aryl methyl sites for hydroxylation is 1. The molecule has 1 rings (SSSR count). The lowest BCUT2D eigenvalue weighted by molar-refractivity contribution is 0.112. The van der Waals surface area contributed by atoms with Gasteiger partial charge in [0.2, 0.25) is 0 Å². The van der Waals surface area contributed by atoms with Crippen molar-refractivity contribution < 1.29 is 9.53 Å². The summed E-state index contributed by atoms with van der Waals surface area (Å²) >= 11 is 0. The maximum absolute atomic E-state index is 10.5. The highest BCUT2D eigenvalue weighted by atomic mass is 16.5. The molecular weight excluding hydrogens is 164 g/mol. The molecule has 2 nitrogen and oxygen atoms in total. The van der Waals surface area contributed by atoms with Crippen molar-refractivity contribution in [3.8, 4) is 5.75 Å². The standard InChI is InChI=1S/C9H10O2.C2H6/c1-7-3-4-9(11-2)8(5-7)6-10;1-2/h3-6H,1-2H3;1-2H3. The molecule has 13 heavy (non-hydrogen) atoms. The van der Waals surface area contributed by atoms with Gasteiger partial charge in [0.25, 0.3) is 0 Å². The van der Waals surface area contributed by atoms with Crippen LogP contribution in [0.25, 0.3) is 0 Å². The predicted octanol–water partition coefficient (Wildman–Crippen LogP) is 2.84. The van der Waals surface area contributed by atoms with Crippen LogP contribution in [0, 0.1) is 6.92 Å². The summed E-state index contributed by atoms with van der Waals surface area (Å²) < 4.78 is 4.96. The first kappa shape index (κ1) is 11.7. The molecule has 0 aliphatic rings. The highest BCUT2D eigenvalue weighted by Gasteiger charge is 1.99. The van der Waals surface area contributed by atoms with Gasteiger partial charge in [-0.3, -0.25) is 4.79 Å². The Labute approximate surface area is 79.5 Å². The fraction of sp³-hybridized carbons (Fsp3) is 0.364. The third kappa shape index (κ3) is 3.28. The van der Waals surface area contributed by atoms with E-state index in [1.165, 1.54) is 0 Å². The minimum atomic E-state index is 0.604. The van der Waals surface area contributed by atoms with Gasteiger partial charge in [-0.15, -0.1) is 0 Å². The quantitative estimate of drug-likeness (QED) is 0.654. The smallest absolute Gasteiger partial charge is 0.153 e. The van der Waals surface area contributed by atoms with Gasteiger partial charge in [0.05, 0.1) is 12.7 Å². The third-order valence-electron chi connectivity index (χ3n) is 1.51. The highest BCUT2D eigenvalue weighted by Crippen LogP contribution is 2.16. The first-order valence-corrected chi connectivity index (χ1v) is 4.37. The molecule has 0 amide bonds. The molecule has 1 aromatic carbocycles. The molecule has 0 unspecified atom stereocenters. The van der Waals surface area contributed by atoms with E-state index in [0.29, 0.717) is 11.3 Å². The lowest BCUT2D eigenvalue weighted by Gasteiger charge is -2.02. The van der Waals surface area contributed by atoms with Crippen molar-refractivity contribution in [3.63, 3.8) is 0 Å². The minimum absolute atomic E-state index is 0.604. The summed E-state index contributed by atoms with van der Waals surface area (Å²) in [4.78, 5) is 10.5. The third-order valence-corrected chi connectivity index (χ3v) is 1.51. The number of ether oxygens (including phenoxy) is 1. The number of rotatable bonds is 2. The van der Waals surface area contributed by atoms with Gasteiger partial charge in [-0.2, -0.15) is 0 Å². The Balaban J connectivity index is 0.000000671. The summed E-state index contributed by atoms with van der Waals surface area (Å²) in [5.41, 5.74) is 1.67. The molecule has 72 valence electrons. The Morgan fingerprint density at radius 3 is 2.38 bits per heavy atom. The van der Waals surface area contributed by atoms with Crippen molar-refractivity contribution in [3.05, 3.63) is 29.3 Å². The van der Waals surface area contributed by atoms with Gasteiger partial charge in [0.15, 0.2) is 6.29 Å². The van der Waals surface area contributed by atoms with Crippen LogP contribution in [0.4, 0.5) is 0 Å². The van der Waals surface area contributed by atoms with Crippen LogP contribution in [0.3, 0.4) is 0 Å². The Kier molecular flexibility index (Phi) is 5.60. The molecule has 0 fully saturated rings. The van der Waals surface area contributed by atoms with Crippen LogP contribution in [0.1, 0.15) is 29.8 Å². The molecule has 0 aromatic heterocycles. The van der Waals surface area contributed by atoms with Crippen LogP contribution in [0.5, 0.6) is 5.75 Å². The van der Waals surface area contributed by atoms with Crippen LogP contribution >= 0.6 is 0 Å². The van der Waals surface area contributed by atoms with Crippen molar-refractivity contribution >= 4 is 6.29 Å². The second-order valence-corrected chi connectivity index (χ2v) is 2.36. The molecule has 2 heteroatoms. The summed E-state index contributed by atoms with van der Waals surface area (Å²) in [6.45, 7) is 5.94. The Bertz CT molecular complexity index is 267. The van der Waals surface area contributed by atoms with Gasteiger partial charge in [-0.05, 0) is 19.1 Å². The van der Waals surface area contributed by atoms with E-state index in [4.69, 9.17) is 4.74 Å². The molecule has 0 radical (unpaired) electrons. The highest BCUT2D eigenvalue weighted by molar-refractivity contribution is 5.79. The van der Waals surface area contributed by atoms with Crippen LogP contribution in [-0.2, 0) is 0 Å². The van der Waals surface area contributed by atoms with E-state index in [9.17, 15) is 4.79 Å². The van der Waals surface area contributed by atoms with E-state index in [0.717, 1.165) is 11.8 Å². The Morgan fingerprint density at radius 1 is 1.31 bits per heavy atom. The SMILES string of the molecule is CC.COc1ccc(C)cc1C=O. The molecule has 0 aliphatic heterocycles. The van der Waals surface area contributed by atoms with E-state index in [1.807, 2.05) is 26.8 Å². The van der Waals surface area contributed by atoms with Gasteiger partial charge in [0.1, 0.15) is 5.75 Å². The van der Waals surface area contributed by atoms with E-state index < -0.39 is 0 Å². The van der Waals surface area contributed by atoms with E-state index in [2.05, 4.69) is 0 Å². The predicted molar refractivity (Wildman–Crippen MR) is 54.5 cm³/mol. The molecule has 0 spiro atoms. The van der Waals surface area contributed by atoms with E-state index >= 15 is 0 Å². The van der Waals surface area contributed by atoms with Gasteiger partial charge >= 0.3 is 0 Å². The summed E-state index contributed by atoms with van der Waals surface area (Å²) in [7, 11) is 1.55. The minimum Gasteiger partial charge on any atom is -0.496 e. The average molecular weight is 180 g/mol. The number of carbonyl (C=O) groups is 1. The molecular formula is C11H16O2. The second-order valence-electron chi connectivity index (χ2n) is 2.36. The number of methoxy groups -OCH3 is 1. The summed E-state index contributed by atoms with van der Waals surface area (Å²) in [5, 5.41) is 0. The molecule has 0 saturated heterocycles. The zero-order valence-corrected chi connectivity index (χ0v) is 8.63. The monoisotopic (exact) mass is 180 g/mol. The average Bonchev–Trinajstić information content (AvgIpc) is 2.20. The van der Waals surface area contributed by atoms with Crippen molar-refractivity contribution in [1.82, 2.24) is 0 Å². The Hall–Kier alpha value is -1.31. The van der Waals surface area contributed by atoms with Gasteiger partial charge in [0, 0.05) is 0 Å². The molecule has 0 atom stereocenters. The Morgan fingerprint density at radius 2 is 1.92 bits per heavy atom. The first-order chi connectivity index (χ1) is 6.27. The first-order valence-electron chi connectivity index (χ1n) is 4.37. The normalized spacial score (nSPS) is 8.31. The largest absolute Gasteiger partial charge is 0.496 e. The topological polar surface area (TPSA) is 26.3 Å². The fourth-order valence-corrected chi connectivity index (χ4v) is 0.946. The summed E-state index contributed by atoms with van der Waals surface area (Å²) in [6.07, 6.45) is 0.797. The molecule has 1 aromatic rings. The molecule has 0 aliphatic carbocycles. The van der Waals surface area contributed by atoms with E-state index in [-0.39, 0.29) is 0 Å². The van der Waals surface area contributed by atoms with Gasteiger partial charge < -0.3 is 4.74 Å². The number of aldehydes is 1. The zero-order chi connectivity index (χ0) is 10.3. The van der Waals surface area contributed by atoms with Gasteiger partial charge in [-0.25, -0.2) is 0 Å². The fourth-order valence-electron chi connectivity index (χ4n) is 0.946. The molecule has 0 heterocycles. The van der Waals surface area contributed by atoms with Crippen molar-refractivity contribution in [2.45, 2.75) is 20.8 Å². The lowest BCUT2D eigenvalue weighted by atomic mass is 10.1. The molecule has 0 bridgehead atoms. The summed E-state index contributed by atoms with van der Waals surface area (Å²) in [5.74, 6) is 0.630. The van der Waals surface area contributed by atoms with E-state index in [1.54, 1.807) is 19.2 Å². The maximum Gasteiger partial charge on any atom is 0.153 e. The number of hydrogen-bond donors (Lipinski definition) is 0. The lowest BCUT2D eigenvalue weighted by Crippen LogP contribution is -1.90. The van der Waals surface area contributed by atoms with Crippen molar-refractivity contribution in [2.24, 2.45) is 0 Å².